The molecule has 1 saturated heterocycles. The van der Waals surface area contributed by atoms with Gasteiger partial charge in [0.15, 0.2) is 0 Å². The predicted octanol–water partition coefficient (Wildman–Crippen LogP) is 1.95. The van der Waals surface area contributed by atoms with Crippen LogP contribution in [0.25, 0.3) is 0 Å². The molecule has 0 aromatic carbocycles. The second-order valence-corrected chi connectivity index (χ2v) is 6.56. The number of aliphatic carboxylic acids is 1. The van der Waals surface area contributed by atoms with E-state index in [1.165, 1.54) is 0 Å². The molecule has 110 valence electrons. The molecule has 1 unspecified atom stereocenters. The fourth-order valence-electron chi connectivity index (χ4n) is 3.83. The Hall–Kier alpha value is -1.39. The first-order chi connectivity index (χ1) is 9.55. The molecule has 1 heterocycles. The molecular formula is C15H21NO4. The molecule has 3 rings (SSSR count). The van der Waals surface area contributed by atoms with Crippen LogP contribution in [0, 0.1) is 11.3 Å². The number of carboxylic acids is 1. The van der Waals surface area contributed by atoms with Gasteiger partial charge in [-0.15, -0.1) is 0 Å². The van der Waals surface area contributed by atoms with Gasteiger partial charge in [-0.1, -0.05) is 25.7 Å². The van der Waals surface area contributed by atoms with Gasteiger partial charge in [-0.2, -0.15) is 0 Å². The van der Waals surface area contributed by atoms with Crippen LogP contribution in [0.5, 0.6) is 0 Å². The summed E-state index contributed by atoms with van der Waals surface area (Å²) >= 11 is 0. The van der Waals surface area contributed by atoms with Gasteiger partial charge in [0, 0.05) is 6.42 Å². The highest BCUT2D eigenvalue weighted by molar-refractivity contribution is 6.08. The van der Waals surface area contributed by atoms with Crippen LogP contribution in [0.3, 0.4) is 0 Å². The molecule has 0 aromatic heterocycles. The third kappa shape index (κ3) is 2.13. The number of amides is 2. The van der Waals surface area contributed by atoms with Crippen LogP contribution in [0.1, 0.15) is 57.8 Å². The van der Waals surface area contributed by atoms with E-state index in [9.17, 15) is 19.5 Å². The lowest BCUT2D eigenvalue weighted by Crippen LogP contribution is -2.48. The Morgan fingerprint density at radius 2 is 1.75 bits per heavy atom. The van der Waals surface area contributed by atoms with E-state index in [0.29, 0.717) is 0 Å². The first kappa shape index (κ1) is 13.6. The molecule has 5 nitrogen and oxygen atoms in total. The maximum atomic E-state index is 12.8. The number of rotatable bonds is 3. The molecule has 1 atom stereocenters. The Labute approximate surface area is 118 Å². The van der Waals surface area contributed by atoms with E-state index in [1.807, 2.05) is 0 Å². The molecule has 0 aromatic rings. The minimum atomic E-state index is -1.03. The largest absolute Gasteiger partial charge is 0.480 e. The maximum absolute atomic E-state index is 12.8. The summed E-state index contributed by atoms with van der Waals surface area (Å²) in [4.78, 5) is 37.6. The van der Waals surface area contributed by atoms with Crippen molar-refractivity contribution in [3.63, 3.8) is 0 Å². The summed E-state index contributed by atoms with van der Waals surface area (Å²) in [5.41, 5.74) is -0.587. The number of imide groups is 1. The number of hydrogen-bond acceptors (Lipinski definition) is 3. The Bertz CT molecular complexity index is 447. The highest BCUT2D eigenvalue weighted by Gasteiger charge is 2.56. The minimum Gasteiger partial charge on any atom is -0.480 e. The standard InChI is InChI=1S/C15H21NO4/c17-11-9-15(7-3-1-2-4-8-15)14(20)16(11)12(13(18)19)10-5-6-10/h10,12H,1-9H2,(H,18,19). The molecule has 0 radical (unpaired) electrons. The zero-order valence-electron chi connectivity index (χ0n) is 11.6. The second-order valence-electron chi connectivity index (χ2n) is 6.56. The number of carboxylic acid groups (broad SMARTS) is 1. The molecule has 20 heavy (non-hydrogen) atoms. The van der Waals surface area contributed by atoms with Gasteiger partial charge in [-0.3, -0.25) is 14.5 Å². The Morgan fingerprint density at radius 3 is 2.25 bits per heavy atom. The van der Waals surface area contributed by atoms with Crippen molar-refractivity contribution in [2.45, 2.75) is 63.8 Å². The van der Waals surface area contributed by atoms with Gasteiger partial charge in [0.25, 0.3) is 0 Å². The van der Waals surface area contributed by atoms with Gasteiger partial charge >= 0.3 is 5.97 Å². The molecule has 3 fully saturated rings. The quantitative estimate of drug-likeness (QED) is 0.801. The fraction of sp³-hybridized carbons (Fsp3) is 0.800. The van der Waals surface area contributed by atoms with Crippen LogP contribution >= 0.6 is 0 Å². The highest BCUT2D eigenvalue weighted by Crippen LogP contribution is 2.47. The fourth-order valence-corrected chi connectivity index (χ4v) is 3.83. The van der Waals surface area contributed by atoms with E-state index in [0.717, 1.165) is 56.3 Å². The minimum absolute atomic E-state index is 0.0265. The molecule has 1 aliphatic heterocycles. The van der Waals surface area contributed by atoms with Crippen LogP contribution in [0.2, 0.25) is 0 Å². The zero-order chi connectivity index (χ0) is 14.3. The molecule has 5 heteroatoms. The molecule has 2 aliphatic carbocycles. The Balaban J connectivity index is 1.87. The van der Waals surface area contributed by atoms with Crippen molar-refractivity contribution in [2.24, 2.45) is 11.3 Å². The Morgan fingerprint density at radius 1 is 1.15 bits per heavy atom. The lowest BCUT2D eigenvalue weighted by atomic mass is 9.79. The third-order valence-electron chi connectivity index (χ3n) is 5.09. The monoisotopic (exact) mass is 279 g/mol. The number of hydrogen-bond donors (Lipinski definition) is 1. The first-order valence-corrected chi connectivity index (χ1v) is 7.64. The van der Waals surface area contributed by atoms with Crippen LogP contribution in [0.4, 0.5) is 0 Å². The molecule has 1 N–H and O–H groups in total. The van der Waals surface area contributed by atoms with Gasteiger partial charge in [0.05, 0.1) is 5.41 Å². The van der Waals surface area contributed by atoms with Crippen LogP contribution in [-0.2, 0) is 14.4 Å². The van der Waals surface area contributed by atoms with Gasteiger partial charge in [-0.05, 0) is 31.6 Å². The first-order valence-electron chi connectivity index (χ1n) is 7.64. The van der Waals surface area contributed by atoms with Crippen molar-refractivity contribution in [3.05, 3.63) is 0 Å². The smallest absolute Gasteiger partial charge is 0.327 e. The summed E-state index contributed by atoms with van der Waals surface area (Å²) in [6, 6.07) is -0.919. The summed E-state index contributed by atoms with van der Waals surface area (Å²) in [6.07, 6.45) is 7.46. The topological polar surface area (TPSA) is 74.7 Å². The van der Waals surface area contributed by atoms with Gasteiger partial charge < -0.3 is 5.11 Å². The van der Waals surface area contributed by atoms with Crippen molar-refractivity contribution >= 4 is 17.8 Å². The third-order valence-corrected chi connectivity index (χ3v) is 5.09. The van der Waals surface area contributed by atoms with Crippen molar-refractivity contribution < 1.29 is 19.5 Å². The molecule has 3 aliphatic rings. The van der Waals surface area contributed by atoms with Crippen LogP contribution in [-0.4, -0.2) is 33.8 Å². The molecule has 2 saturated carbocycles. The number of nitrogens with zero attached hydrogens (tertiary/aromatic N) is 1. The van der Waals surface area contributed by atoms with Gasteiger partial charge in [0.2, 0.25) is 11.8 Å². The number of carbonyl (C=O) groups excluding carboxylic acids is 2. The summed E-state index contributed by atoms with van der Waals surface area (Å²) in [6.45, 7) is 0. The van der Waals surface area contributed by atoms with E-state index in [4.69, 9.17) is 0 Å². The summed E-state index contributed by atoms with van der Waals surface area (Å²) in [5.74, 6) is -1.53. The van der Waals surface area contributed by atoms with Crippen molar-refractivity contribution in [2.75, 3.05) is 0 Å². The van der Waals surface area contributed by atoms with E-state index >= 15 is 0 Å². The number of carbonyl (C=O) groups is 3. The molecule has 0 bridgehead atoms. The van der Waals surface area contributed by atoms with Gasteiger partial charge in [0.1, 0.15) is 6.04 Å². The lowest BCUT2D eigenvalue weighted by Gasteiger charge is -2.27. The summed E-state index contributed by atoms with van der Waals surface area (Å²) in [5, 5.41) is 9.38. The molecule has 2 amide bonds. The van der Waals surface area contributed by atoms with Crippen LogP contribution < -0.4 is 0 Å². The van der Waals surface area contributed by atoms with Crippen molar-refractivity contribution in [1.29, 1.82) is 0 Å². The molecular weight excluding hydrogens is 258 g/mol. The van der Waals surface area contributed by atoms with Crippen molar-refractivity contribution in [3.8, 4) is 0 Å². The van der Waals surface area contributed by atoms with Gasteiger partial charge in [-0.25, -0.2) is 4.79 Å². The maximum Gasteiger partial charge on any atom is 0.327 e. The SMILES string of the molecule is O=C(O)C(C1CC1)N1C(=O)CC2(CCCCCC2)C1=O. The average Bonchev–Trinajstić information content (AvgIpc) is 3.18. The molecule has 1 spiro atoms. The Kier molecular flexibility index (Phi) is 3.30. The number of likely N-dealkylation sites (tertiary alicyclic amines) is 1. The zero-order valence-corrected chi connectivity index (χ0v) is 11.6. The average molecular weight is 279 g/mol. The normalized spacial score (nSPS) is 27.7. The van der Waals surface area contributed by atoms with E-state index in [1.54, 1.807) is 0 Å². The summed E-state index contributed by atoms with van der Waals surface area (Å²) < 4.78 is 0. The second kappa shape index (κ2) is 4.86. The lowest BCUT2D eigenvalue weighted by molar-refractivity contribution is -0.156. The van der Waals surface area contributed by atoms with E-state index in [-0.39, 0.29) is 24.2 Å². The van der Waals surface area contributed by atoms with E-state index in [2.05, 4.69) is 0 Å². The van der Waals surface area contributed by atoms with E-state index < -0.39 is 17.4 Å². The summed E-state index contributed by atoms with van der Waals surface area (Å²) in [7, 11) is 0. The predicted molar refractivity (Wildman–Crippen MR) is 70.8 cm³/mol. The highest BCUT2D eigenvalue weighted by atomic mass is 16.4. The van der Waals surface area contributed by atoms with Crippen LogP contribution in [0.15, 0.2) is 0 Å². The van der Waals surface area contributed by atoms with Crippen molar-refractivity contribution in [1.82, 2.24) is 4.90 Å².